The lowest BCUT2D eigenvalue weighted by atomic mass is 9.92. The van der Waals surface area contributed by atoms with Gasteiger partial charge in [-0.2, -0.15) is 0 Å². The fourth-order valence-electron chi connectivity index (χ4n) is 2.64. The van der Waals surface area contributed by atoms with E-state index in [1.807, 2.05) is 0 Å². The summed E-state index contributed by atoms with van der Waals surface area (Å²) in [4.78, 5) is 0. The molecule has 0 radical (unpaired) electrons. The van der Waals surface area contributed by atoms with Crippen molar-refractivity contribution in [3.63, 3.8) is 0 Å². The molecule has 2 heteroatoms. The van der Waals surface area contributed by atoms with Gasteiger partial charge in [-0.1, -0.05) is 12.8 Å². The van der Waals surface area contributed by atoms with Crippen molar-refractivity contribution in [2.75, 3.05) is 0 Å². The molecule has 14 heavy (non-hydrogen) atoms. The Balaban J connectivity index is 1.69. The highest BCUT2D eigenvalue weighted by atomic mass is 16.6. The largest absolute Gasteiger partial charge is 0.393 e. The highest BCUT2D eigenvalue weighted by molar-refractivity contribution is 4.96. The number of epoxide rings is 1. The first kappa shape index (κ1) is 10.4. The second-order valence-corrected chi connectivity index (χ2v) is 5.22. The van der Waals surface area contributed by atoms with E-state index < -0.39 is 0 Å². The molecule has 0 aromatic carbocycles. The summed E-state index contributed by atoms with van der Waals surface area (Å²) in [6.45, 7) is 4.26. The summed E-state index contributed by atoms with van der Waals surface area (Å²) in [7, 11) is 0. The van der Waals surface area contributed by atoms with Crippen molar-refractivity contribution in [3.05, 3.63) is 0 Å². The fourth-order valence-corrected chi connectivity index (χ4v) is 2.64. The van der Waals surface area contributed by atoms with Crippen LogP contribution >= 0.6 is 0 Å². The van der Waals surface area contributed by atoms with Gasteiger partial charge in [0.1, 0.15) is 0 Å². The Hall–Kier alpha value is -0.0800. The Kier molecular flexibility index (Phi) is 2.85. The maximum atomic E-state index is 9.97. The molecular formula is C12H22O2. The zero-order chi connectivity index (χ0) is 10.2. The lowest BCUT2D eigenvalue weighted by Gasteiger charge is -2.18. The molecule has 2 aliphatic rings. The van der Waals surface area contributed by atoms with Crippen LogP contribution in [-0.2, 0) is 4.74 Å². The Bertz CT molecular complexity index is 198. The van der Waals surface area contributed by atoms with Crippen LogP contribution in [0.15, 0.2) is 0 Å². The third kappa shape index (κ3) is 2.12. The first-order valence-corrected chi connectivity index (χ1v) is 5.98. The third-order valence-electron chi connectivity index (χ3n) is 4.13. The molecule has 1 aliphatic heterocycles. The maximum absolute atomic E-state index is 9.97. The van der Waals surface area contributed by atoms with E-state index >= 15 is 0 Å². The van der Waals surface area contributed by atoms with E-state index in [1.54, 1.807) is 0 Å². The van der Waals surface area contributed by atoms with Gasteiger partial charge in [0.2, 0.25) is 0 Å². The zero-order valence-electron chi connectivity index (χ0n) is 9.33. The molecular weight excluding hydrogens is 176 g/mol. The highest BCUT2D eigenvalue weighted by Gasteiger charge is 2.48. The van der Waals surface area contributed by atoms with Crippen LogP contribution in [-0.4, -0.2) is 22.9 Å². The van der Waals surface area contributed by atoms with Crippen molar-refractivity contribution in [3.8, 4) is 0 Å². The molecule has 2 rings (SSSR count). The summed E-state index contributed by atoms with van der Waals surface area (Å²) in [6, 6.07) is 0. The zero-order valence-corrected chi connectivity index (χ0v) is 9.33. The second-order valence-electron chi connectivity index (χ2n) is 5.22. The molecule has 2 nitrogen and oxygen atoms in total. The van der Waals surface area contributed by atoms with Crippen LogP contribution in [0.25, 0.3) is 0 Å². The van der Waals surface area contributed by atoms with Gasteiger partial charge in [-0.05, 0) is 45.4 Å². The molecule has 1 saturated carbocycles. The Morgan fingerprint density at radius 1 is 1.43 bits per heavy atom. The summed E-state index contributed by atoms with van der Waals surface area (Å²) >= 11 is 0. The summed E-state index contributed by atoms with van der Waals surface area (Å²) < 4.78 is 5.51. The van der Waals surface area contributed by atoms with Crippen LogP contribution in [0.4, 0.5) is 0 Å². The molecule has 0 aromatic rings. The van der Waals surface area contributed by atoms with Crippen molar-refractivity contribution in [2.45, 2.75) is 70.2 Å². The second kappa shape index (κ2) is 3.82. The molecule has 0 bridgehead atoms. The molecule has 1 saturated heterocycles. The lowest BCUT2D eigenvalue weighted by Crippen LogP contribution is -2.20. The van der Waals surface area contributed by atoms with Crippen LogP contribution in [0.5, 0.6) is 0 Å². The number of rotatable bonds is 4. The van der Waals surface area contributed by atoms with Gasteiger partial charge >= 0.3 is 0 Å². The van der Waals surface area contributed by atoms with E-state index in [4.69, 9.17) is 4.74 Å². The Labute approximate surface area is 86.6 Å². The van der Waals surface area contributed by atoms with Gasteiger partial charge in [0.25, 0.3) is 0 Å². The van der Waals surface area contributed by atoms with Gasteiger partial charge < -0.3 is 9.84 Å². The van der Waals surface area contributed by atoms with Crippen LogP contribution in [0.1, 0.15) is 52.4 Å². The van der Waals surface area contributed by atoms with Crippen molar-refractivity contribution >= 4 is 0 Å². The predicted molar refractivity (Wildman–Crippen MR) is 56.2 cm³/mol. The maximum Gasteiger partial charge on any atom is 0.0918 e. The topological polar surface area (TPSA) is 32.8 Å². The number of ether oxygens (including phenoxy) is 1. The van der Waals surface area contributed by atoms with Crippen LogP contribution in [0, 0.1) is 5.92 Å². The van der Waals surface area contributed by atoms with Crippen molar-refractivity contribution in [1.29, 1.82) is 0 Å². The van der Waals surface area contributed by atoms with E-state index in [0.717, 1.165) is 12.8 Å². The average molecular weight is 198 g/mol. The minimum atomic E-state index is -0.0780. The van der Waals surface area contributed by atoms with E-state index in [0.29, 0.717) is 12.0 Å². The molecule has 1 heterocycles. The summed E-state index contributed by atoms with van der Waals surface area (Å²) in [5.41, 5.74) is 0.0829. The van der Waals surface area contributed by atoms with Gasteiger partial charge in [0, 0.05) is 0 Å². The van der Waals surface area contributed by atoms with Crippen LogP contribution in [0.3, 0.4) is 0 Å². The normalized spacial score (nSPS) is 40.1. The van der Waals surface area contributed by atoms with E-state index in [-0.39, 0.29) is 11.7 Å². The molecule has 82 valence electrons. The molecule has 0 unspecified atom stereocenters. The molecule has 1 N–H and O–H groups in total. The highest BCUT2D eigenvalue weighted by Crippen LogP contribution is 2.41. The summed E-state index contributed by atoms with van der Waals surface area (Å²) in [5, 5.41) is 9.97. The SMILES string of the molecule is C[C@H]1O[C@]1(C)CC[C@H](O)C1CCCC1. The number of aliphatic hydroxyl groups is 1. The quantitative estimate of drug-likeness (QED) is 0.704. The average Bonchev–Trinajstić information content (AvgIpc) is 2.61. The van der Waals surface area contributed by atoms with E-state index in [1.165, 1.54) is 25.7 Å². The monoisotopic (exact) mass is 198 g/mol. The number of aliphatic hydroxyl groups excluding tert-OH is 1. The van der Waals surface area contributed by atoms with Gasteiger partial charge in [-0.15, -0.1) is 0 Å². The van der Waals surface area contributed by atoms with Crippen molar-refractivity contribution < 1.29 is 9.84 Å². The van der Waals surface area contributed by atoms with Crippen molar-refractivity contribution in [1.82, 2.24) is 0 Å². The smallest absolute Gasteiger partial charge is 0.0918 e. The Morgan fingerprint density at radius 2 is 2.00 bits per heavy atom. The molecule has 3 atom stereocenters. The summed E-state index contributed by atoms with van der Waals surface area (Å²) in [6.07, 6.45) is 7.35. The lowest BCUT2D eigenvalue weighted by molar-refractivity contribution is 0.0917. The van der Waals surface area contributed by atoms with Crippen LogP contribution < -0.4 is 0 Å². The van der Waals surface area contributed by atoms with Gasteiger partial charge in [-0.3, -0.25) is 0 Å². The molecule has 0 aromatic heterocycles. The minimum absolute atomic E-state index is 0.0780. The summed E-state index contributed by atoms with van der Waals surface area (Å²) in [5.74, 6) is 0.577. The first-order valence-electron chi connectivity index (χ1n) is 5.98. The van der Waals surface area contributed by atoms with Gasteiger partial charge in [0.05, 0.1) is 17.8 Å². The third-order valence-corrected chi connectivity index (χ3v) is 4.13. The van der Waals surface area contributed by atoms with Crippen molar-refractivity contribution in [2.24, 2.45) is 5.92 Å². The van der Waals surface area contributed by atoms with Gasteiger partial charge in [0.15, 0.2) is 0 Å². The predicted octanol–water partition coefficient (Wildman–Crippen LogP) is 2.50. The first-order chi connectivity index (χ1) is 6.62. The minimum Gasteiger partial charge on any atom is -0.393 e. The van der Waals surface area contributed by atoms with Crippen LogP contribution in [0.2, 0.25) is 0 Å². The molecule has 0 spiro atoms. The van der Waals surface area contributed by atoms with E-state index in [2.05, 4.69) is 13.8 Å². The fraction of sp³-hybridized carbons (Fsp3) is 1.00. The standard InChI is InChI=1S/C12H22O2/c1-9-12(2,14-9)8-7-11(13)10-5-3-4-6-10/h9-11,13H,3-8H2,1-2H3/t9-,11+,12-/m1/s1. The van der Waals surface area contributed by atoms with Gasteiger partial charge in [-0.25, -0.2) is 0 Å². The van der Waals surface area contributed by atoms with E-state index in [9.17, 15) is 5.11 Å². The number of hydrogen-bond acceptors (Lipinski definition) is 2. The molecule has 2 fully saturated rings. The Morgan fingerprint density at radius 3 is 2.50 bits per heavy atom. The number of hydrogen-bond donors (Lipinski definition) is 1. The molecule has 1 aliphatic carbocycles. The molecule has 0 amide bonds.